The van der Waals surface area contributed by atoms with Crippen LogP contribution in [0.25, 0.3) is 6.08 Å². The number of carbonyl (C=O) groups is 3. The van der Waals surface area contributed by atoms with Gasteiger partial charge in [-0.1, -0.05) is 30.3 Å². The van der Waals surface area contributed by atoms with Crippen molar-refractivity contribution in [1.82, 2.24) is 4.90 Å². The summed E-state index contributed by atoms with van der Waals surface area (Å²) in [6.07, 6.45) is 1.39. The molecule has 0 bridgehead atoms. The van der Waals surface area contributed by atoms with Gasteiger partial charge < -0.3 is 5.11 Å². The summed E-state index contributed by atoms with van der Waals surface area (Å²) in [5.41, 5.74) is 0.825. The maximum Gasteiger partial charge on any atom is 0.305 e. The molecule has 0 aromatic heterocycles. The van der Waals surface area contributed by atoms with Crippen LogP contribution in [-0.4, -0.2) is 33.7 Å². The fourth-order valence-electron chi connectivity index (χ4n) is 1.60. The van der Waals surface area contributed by atoms with Gasteiger partial charge >= 0.3 is 5.97 Å². The molecule has 2 rings (SSSR count). The Morgan fingerprint density at radius 2 is 1.95 bits per heavy atom. The molecule has 1 N–H and O–H groups in total. The molecule has 1 aliphatic heterocycles. The van der Waals surface area contributed by atoms with Gasteiger partial charge in [-0.2, -0.15) is 0 Å². The van der Waals surface area contributed by atoms with E-state index in [-0.39, 0.29) is 13.0 Å². The van der Waals surface area contributed by atoms with Gasteiger partial charge in [0, 0.05) is 6.54 Å². The van der Waals surface area contributed by atoms with Gasteiger partial charge in [-0.05, 0) is 23.4 Å². The topological polar surface area (TPSA) is 74.7 Å². The normalized spacial score (nSPS) is 17.3. The molecule has 19 heavy (non-hydrogen) atoms. The molecule has 0 spiro atoms. The van der Waals surface area contributed by atoms with Crippen LogP contribution < -0.4 is 0 Å². The Hall–Kier alpha value is -2.08. The summed E-state index contributed by atoms with van der Waals surface area (Å²) in [7, 11) is 0. The average Bonchev–Trinajstić information content (AvgIpc) is 2.63. The number of aliphatic carboxylic acids is 1. The molecule has 0 aliphatic carbocycles. The van der Waals surface area contributed by atoms with Crippen molar-refractivity contribution in [2.24, 2.45) is 0 Å². The Labute approximate surface area is 113 Å². The number of benzene rings is 1. The van der Waals surface area contributed by atoms with Gasteiger partial charge in [0.25, 0.3) is 11.1 Å². The second-order valence-electron chi connectivity index (χ2n) is 3.89. The van der Waals surface area contributed by atoms with E-state index in [4.69, 9.17) is 5.11 Å². The molecule has 0 saturated carbocycles. The maximum atomic E-state index is 12.0. The van der Waals surface area contributed by atoms with Gasteiger partial charge in [-0.3, -0.25) is 19.3 Å². The third-order valence-electron chi connectivity index (χ3n) is 2.52. The van der Waals surface area contributed by atoms with Crippen molar-refractivity contribution in [2.45, 2.75) is 6.42 Å². The summed E-state index contributed by atoms with van der Waals surface area (Å²) in [5.74, 6) is -1.47. The van der Waals surface area contributed by atoms with Crippen LogP contribution in [0.4, 0.5) is 4.79 Å². The fraction of sp³-hybridized carbons (Fsp3) is 0.154. The molecule has 6 heteroatoms. The Balaban J connectivity index is 2.14. The van der Waals surface area contributed by atoms with Crippen molar-refractivity contribution in [2.75, 3.05) is 6.54 Å². The van der Waals surface area contributed by atoms with E-state index in [0.717, 1.165) is 22.2 Å². The van der Waals surface area contributed by atoms with Crippen LogP contribution in [0.15, 0.2) is 35.2 Å². The summed E-state index contributed by atoms with van der Waals surface area (Å²) < 4.78 is 0. The molecule has 1 fully saturated rings. The molecule has 0 atom stereocenters. The van der Waals surface area contributed by atoms with Crippen LogP contribution in [0, 0.1) is 0 Å². The highest BCUT2D eigenvalue weighted by atomic mass is 32.2. The van der Waals surface area contributed by atoms with E-state index in [9.17, 15) is 14.4 Å². The lowest BCUT2D eigenvalue weighted by atomic mass is 10.2. The molecule has 0 radical (unpaired) electrons. The largest absolute Gasteiger partial charge is 0.481 e. The first-order chi connectivity index (χ1) is 9.08. The van der Waals surface area contributed by atoms with Gasteiger partial charge in [-0.25, -0.2) is 0 Å². The minimum absolute atomic E-state index is 0.0911. The maximum absolute atomic E-state index is 12.0. The van der Waals surface area contributed by atoms with Crippen LogP contribution >= 0.6 is 11.8 Å². The van der Waals surface area contributed by atoms with Gasteiger partial charge in [0.05, 0.1) is 11.3 Å². The van der Waals surface area contributed by atoms with Crippen molar-refractivity contribution in [1.29, 1.82) is 0 Å². The Kier molecular flexibility index (Phi) is 4.01. The second-order valence-corrected chi connectivity index (χ2v) is 4.88. The Morgan fingerprint density at radius 1 is 1.26 bits per heavy atom. The molecule has 2 amide bonds. The van der Waals surface area contributed by atoms with E-state index in [2.05, 4.69) is 0 Å². The van der Waals surface area contributed by atoms with E-state index in [1.54, 1.807) is 6.08 Å². The first kappa shape index (κ1) is 13.4. The van der Waals surface area contributed by atoms with Crippen molar-refractivity contribution in [3.8, 4) is 0 Å². The molecule has 1 aromatic rings. The highest BCUT2D eigenvalue weighted by Crippen LogP contribution is 2.32. The van der Waals surface area contributed by atoms with Crippen molar-refractivity contribution < 1.29 is 19.5 Å². The summed E-state index contributed by atoms with van der Waals surface area (Å²) in [5, 5.41) is 8.15. The highest BCUT2D eigenvalue weighted by Gasteiger charge is 2.34. The summed E-state index contributed by atoms with van der Waals surface area (Å²) in [6, 6.07) is 9.17. The van der Waals surface area contributed by atoms with Crippen molar-refractivity contribution in [3.05, 3.63) is 40.8 Å². The first-order valence-corrected chi connectivity index (χ1v) is 6.42. The summed E-state index contributed by atoms with van der Waals surface area (Å²) in [4.78, 5) is 35.3. The predicted molar refractivity (Wildman–Crippen MR) is 71.4 cm³/mol. The second kappa shape index (κ2) is 5.71. The standard InChI is InChI=1S/C13H11NO4S/c15-11(16)6-7-14-12(17)10(19-13(14)18)8-9-4-2-1-3-5-9/h1-5,8H,6-7H2,(H,15,16). The molecule has 1 aromatic carbocycles. The smallest absolute Gasteiger partial charge is 0.305 e. The zero-order chi connectivity index (χ0) is 13.8. The minimum atomic E-state index is -1.04. The number of hydrogen-bond donors (Lipinski definition) is 1. The summed E-state index contributed by atoms with van der Waals surface area (Å²) in [6.45, 7) is -0.0911. The number of carboxylic acids is 1. The molecule has 1 heterocycles. The molecule has 1 saturated heterocycles. The third-order valence-corrected chi connectivity index (χ3v) is 3.43. The predicted octanol–water partition coefficient (Wildman–Crippen LogP) is 2.20. The number of thioether (sulfide) groups is 1. The zero-order valence-corrected chi connectivity index (χ0v) is 10.7. The van der Waals surface area contributed by atoms with Gasteiger partial charge in [0.15, 0.2) is 0 Å². The monoisotopic (exact) mass is 277 g/mol. The van der Waals surface area contributed by atoms with E-state index in [1.165, 1.54) is 0 Å². The molecule has 5 nitrogen and oxygen atoms in total. The molecule has 0 unspecified atom stereocenters. The number of amides is 2. The quantitative estimate of drug-likeness (QED) is 0.854. The fourth-order valence-corrected chi connectivity index (χ4v) is 2.47. The van der Waals surface area contributed by atoms with Gasteiger partial charge in [-0.15, -0.1) is 0 Å². The van der Waals surface area contributed by atoms with E-state index < -0.39 is 17.1 Å². The third kappa shape index (κ3) is 3.23. The van der Waals surface area contributed by atoms with Crippen LogP contribution in [0.1, 0.15) is 12.0 Å². The van der Waals surface area contributed by atoms with Gasteiger partial charge in [0.2, 0.25) is 0 Å². The SMILES string of the molecule is O=C(O)CCN1C(=O)SC(=Cc2ccccc2)C1=O. The number of hydrogen-bond acceptors (Lipinski definition) is 4. The van der Waals surface area contributed by atoms with Crippen LogP contribution in [0.3, 0.4) is 0 Å². The lowest BCUT2D eigenvalue weighted by molar-refractivity contribution is -0.137. The summed E-state index contributed by atoms with van der Waals surface area (Å²) >= 11 is 0.834. The minimum Gasteiger partial charge on any atom is -0.481 e. The van der Waals surface area contributed by atoms with Crippen molar-refractivity contribution >= 4 is 35.0 Å². The zero-order valence-electron chi connectivity index (χ0n) is 9.91. The number of imide groups is 1. The van der Waals surface area contributed by atoms with E-state index in [0.29, 0.717) is 4.91 Å². The molecule has 98 valence electrons. The molecule has 1 aliphatic rings. The lowest BCUT2D eigenvalue weighted by Crippen LogP contribution is -2.30. The number of rotatable bonds is 4. The van der Waals surface area contributed by atoms with Crippen LogP contribution in [0.2, 0.25) is 0 Å². The molecular formula is C13H11NO4S. The molecular weight excluding hydrogens is 266 g/mol. The highest BCUT2D eigenvalue weighted by molar-refractivity contribution is 8.18. The number of nitrogens with zero attached hydrogens (tertiary/aromatic N) is 1. The Bertz CT molecular complexity index is 553. The average molecular weight is 277 g/mol. The van der Waals surface area contributed by atoms with Gasteiger partial charge in [0.1, 0.15) is 0 Å². The number of carboxylic acid groups (broad SMARTS) is 1. The van der Waals surface area contributed by atoms with E-state index >= 15 is 0 Å². The van der Waals surface area contributed by atoms with Crippen molar-refractivity contribution in [3.63, 3.8) is 0 Å². The first-order valence-electron chi connectivity index (χ1n) is 5.60. The lowest BCUT2D eigenvalue weighted by Gasteiger charge is -2.09. The van der Waals surface area contributed by atoms with Crippen LogP contribution in [-0.2, 0) is 9.59 Å². The number of carbonyl (C=O) groups excluding carboxylic acids is 2. The Morgan fingerprint density at radius 3 is 2.58 bits per heavy atom. The van der Waals surface area contributed by atoms with E-state index in [1.807, 2.05) is 30.3 Å². The van der Waals surface area contributed by atoms with Crippen LogP contribution in [0.5, 0.6) is 0 Å².